The monoisotopic (exact) mass is 334 g/mol. The van der Waals surface area contributed by atoms with Gasteiger partial charge in [-0.25, -0.2) is 9.78 Å². The predicted molar refractivity (Wildman–Crippen MR) is 92.5 cm³/mol. The number of halogens is 1. The fourth-order valence-corrected chi connectivity index (χ4v) is 3.36. The van der Waals surface area contributed by atoms with Gasteiger partial charge in [-0.05, 0) is 26.0 Å². The summed E-state index contributed by atoms with van der Waals surface area (Å²) < 4.78 is 1.93. The number of benzene rings is 1. The molecule has 0 bridgehead atoms. The van der Waals surface area contributed by atoms with Gasteiger partial charge in [-0.15, -0.1) is 0 Å². The molecular formula is C17H23ClN4O. The third-order valence-electron chi connectivity index (χ3n) is 5.46. The Balaban J connectivity index is 1.74. The number of likely N-dealkylation sites (tertiary alicyclic amines) is 1. The third-order valence-corrected chi connectivity index (χ3v) is 5.77. The number of aromatic nitrogens is 2. The molecule has 2 aromatic rings. The average Bonchev–Trinajstić information content (AvgIpc) is 2.80. The number of nitrogens with one attached hydrogen (secondary N) is 1. The van der Waals surface area contributed by atoms with Gasteiger partial charge in [0.1, 0.15) is 5.82 Å². The Morgan fingerprint density at radius 2 is 2.04 bits per heavy atom. The number of urea groups is 1. The van der Waals surface area contributed by atoms with Gasteiger partial charge in [-0.1, -0.05) is 31.5 Å². The van der Waals surface area contributed by atoms with Crippen molar-refractivity contribution in [1.29, 1.82) is 0 Å². The summed E-state index contributed by atoms with van der Waals surface area (Å²) in [4.78, 5) is 18.9. The zero-order chi connectivity index (χ0) is 17.0. The Morgan fingerprint density at radius 3 is 2.61 bits per heavy atom. The number of carbonyl (C=O) groups is 1. The predicted octanol–water partition coefficient (Wildman–Crippen LogP) is 3.56. The van der Waals surface area contributed by atoms with E-state index in [0.717, 1.165) is 23.4 Å². The number of para-hydroxylation sites is 1. The lowest BCUT2D eigenvalue weighted by Gasteiger charge is -2.60. The van der Waals surface area contributed by atoms with Gasteiger partial charge in [0, 0.05) is 24.5 Å². The summed E-state index contributed by atoms with van der Waals surface area (Å²) in [5.74, 6) is 0.791. The number of nitrogens with zero attached hydrogens (tertiary/aromatic N) is 3. The molecule has 0 unspecified atom stereocenters. The molecule has 124 valence electrons. The highest BCUT2D eigenvalue weighted by Crippen LogP contribution is 2.46. The minimum absolute atomic E-state index is 0.0486. The Labute approximate surface area is 141 Å². The Hall–Kier alpha value is -1.75. The standard InChI is InChI=1S/C17H23ClN4O/c1-16(2)10-22(17(16,3)4)15(23)19-9-13-20-12-8-6-7-11(18)14(12)21(13)5/h6-8H,9-10H2,1-5H3,(H,19,23). The van der Waals surface area contributed by atoms with Gasteiger partial charge in [0.05, 0.1) is 22.6 Å². The third kappa shape index (κ3) is 2.38. The highest BCUT2D eigenvalue weighted by molar-refractivity contribution is 6.35. The van der Waals surface area contributed by atoms with E-state index in [1.165, 1.54) is 0 Å². The van der Waals surface area contributed by atoms with Crippen LogP contribution in [0.2, 0.25) is 5.02 Å². The van der Waals surface area contributed by atoms with Gasteiger partial charge in [-0.3, -0.25) is 0 Å². The van der Waals surface area contributed by atoms with E-state index in [9.17, 15) is 4.79 Å². The van der Waals surface area contributed by atoms with Gasteiger partial charge >= 0.3 is 6.03 Å². The molecule has 1 aliphatic heterocycles. The first kappa shape index (κ1) is 16.1. The Kier molecular flexibility index (Phi) is 3.59. The summed E-state index contributed by atoms with van der Waals surface area (Å²) in [6.07, 6.45) is 0. The van der Waals surface area contributed by atoms with Crippen LogP contribution in [0.4, 0.5) is 4.79 Å². The first-order valence-corrected chi connectivity index (χ1v) is 8.18. The van der Waals surface area contributed by atoms with E-state index >= 15 is 0 Å². The second kappa shape index (κ2) is 5.13. The largest absolute Gasteiger partial charge is 0.331 e. The summed E-state index contributed by atoms with van der Waals surface area (Å²) in [6, 6.07) is 5.60. The molecule has 1 saturated heterocycles. The zero-order valence-electron chi connectivity index (χ0n) is 14.3. The van der Waals surface area contributed by atoms with Crippen molar-refractivity contribution in [2.24, 2.45) is 12.5 Å². The number of hydrogen-bond donors (Lipinski definition) is 1. The van der Waals surface area contributed by atoms with Crippen LogP contribution in [-0.4, -0.2) is 32.6 Å². The smallest absolute Gasteiger partial charge is 0.318 e. The fourth-order valence-electron chi connectivity index (χ4n) is 3.06. The van der Waals surface area contributed by atoms with Gasteiger partial charge in [0.2, 0.25) is 0 Å². The first-order chi connectivity index (χ1) is 10.6. The van der Waals surface area contributed by atoms with E-state index in [0.29, 0.717) is 11.6 Å². The van der Waals surface area contributed by atoms with E-state index in [4.69, 9.17) is 11.6 Å². The number of rotatable bonds is 2. The average molecular weight is 335 g/mol. The minimum Gasteiger partial charge on any atom is -0.331 e. The maximum atomic E-state index is 12.4. The molecule has 2 heterocycles. The summed E-state index contributed by atoms with van der Waals surface area (Å²) >= 11 is 6.23. The van der Waals surface area contributed by atoms with E-state index in [1.54, 1.807) is 0 Å². The van der Waals surface area contributed by atoms with Crippen LogP contribution in [-0.2, 0) is 13.6 Å². The molecule has 1 N–H and O–H groups in total. The van der Waals surface area contributed by atoms with Crippen LogP contribution in [0.5, 0.6) is 0 Å². The van der Waals surface area contributed by atoms with Gasteiger partial charge in [0.25, 0.3) is 0 Å². The molecule has 1 fully saturated rings. The van der Waals surface area contributed by atoms with E-state index in [-0.39, 0.29) is 17.0 Å². The summed E-state index contributed by atoms with van der Waals surface area (Å²) in [6.45, 7) is 9.72. The highest BCUT2D eigenvalue weighted by atomic mass is 35.5. The van der Waals surface area contributed by atoms with Crippen molar-refractivity contribution >= 4 is 28.7 Å². The number of hydrogen-bond acceptors (Lipinski definition) is 2. The molecule has 0 radical (unpaired) electrons. The summed E-state index contributed by atoms with van der Waals surface area (Å²) in [7, 11) is 1.92. The Morgan fingerprint density at radius 1 is 1.35 bits per heavy atom. The molecule has 0 atom stereocenters. The fraction of sp³-hybridized carbons (Fsp3) is 0.529. The lowest BCUT2D eigenvalue weighted by Crippen LogP contribution is -2.72. The molecule has 0 spiro atoms. The molecule has 23 heavy (non-hydrogen) atoms. The van der Waals surface area contributed by atoms with Crippen molar-refractivity contribution in [2.75, 3.05) is 6.54 Å². The molecular weight excluding hydrogens is 312 g/mol. The van der Waals surface area contributed by atoms with Crippen LogP contribution in [0.1, 0.15) is 33.5 Å². The van der Waals surface area contributed by atoms with Gasteiger partial charge < -0.3 is 14.8 Å². The maximum Gasteiger partial charge on any atom is 0.318 e. The molecule has 1 aliphatic rings. The van der Waals surface area contributed by atoms with E-state index in [2.05, 4.69) is 38.0 Å². The number of fused-ring (bicyclic) bond motifs is 1. The first-order valence-electron chi connectivity index (χ1n) is 7.80. The van der Waals surface area contributed by atoms with Crippen LogP contribution in [0.15, 0.2) is 18.2 Å². The molecule has 1 aromatic heterocycles. The number of carbonyl (C=O) groups excluding carboxylic acids is 1. The van der Waals surface area contributed by atoms with Crippen molar-refractivity contribution in [3.05, 3.63) is 29.0 Å². The minimum atomic E-state index is -0.146. The molecule has 0 saturated carbocycles. The maximum absolute atomic E-state index is 12.4. The number of imidazole rings is 1. The molecule has 1 aromatic carbocycles. The zero-order valence-corrected chi connectivity index (χ0v) is 15.0. The summed E-state index contributed by atoms with van der Waals surface area (Å²) in [5.41, 5.74) is 1.72. The molecule has 5 nitrogen and oxygen atoms in total. The normalized spacial score (nSPS) is 18.8. The lowest BCUT2D eigenvalue weighted by atomic mass is 9.65. The van der Waals surface area contributed by atoms with E-state index < -0.39 is 0 Å². The van der Waals surface area contributed by atoms with Crippen molar-refractivity contribution in [3.63, 3.8) is 0 Å². The van der Waals surface area contributed by atoms with Crippen LogP contribution in [0, 0.1) is 5.41 Å². The van der Waals surface area contributed by atoms with Crippen LogP contribution in [0.3, 0.4) is 0 Å². The van der Waals surface area contributed by atoms with Crippen LogP contribution >= 0.6 is 11.6 Å². The van der Waals surface area contributed by atoms with Gasteiger partial charge in [-0.2, -0.15) is 0 Å². The van der Waals surface area contributed by atoms with Crippen molar-refractivity contribution < 1.29 is 4.79 Å². The number of aryl methyl sites for hydroxylation is 1. The van der Waals surface area contributed by atoms with E-state index in [1.807, 2.05) is 34.7 Å². The quantitative estimate of drug-likeness (QED) is 0.913. The summed E-state index contributed by atoms with van der Waals surface area (Å²) in [5, 5.41) is 3.64. The second-order valence-electron chi connectivity index (χ2n) is 7.38. The van der Waals surface area contributed by atoms with Gasteiger partial charge in [0.15, 0.2) is 0 Å². The Bertz CT molecular complexity index is 778. The van der Waals surface area contributed by atoms with Crippen molar-refractivity contribution in [2.45, 2.75) is 39.8 Å². The molecule has 2 amide bonds. The highest BCUT2D eigenvalue weighted by Gasteiger charge is 2.54. The van der Waals surface area contributed by atoms with Crippen LogP contribution in [0.25, 0.3) is 11.0 Å². The molecule has 0 aliphatic carbocycles. The number of amides is 2. The topological polar surface area (TPSA) is 50.2 Å². The SMILES string of the molecule is Cn1c(CNC(=O)N2CC(C)(C)C2(C)C)nc2cccc(Cl)c21. The van der Waals surface area contributed by atoms with Crippen LogP contribution < -0.4 is 5.32 Å². The molecule has 6 heteroatoms. The second-order valence-corrected chi connectivity index (χ2v) is 7.79. The lowest BCUT2D eigenvalue weighted by molar-refractivity contribution is -0.0808. The van der Waals surface area contributed by atoms with Crippen molar-refractivity contribution in [3.8, 4) is 0 Å². The van der Waals surface area contributed by atoms with Crippen molar-refractivity contribution in [1.82, 2.24) is 19.8 Å². The molecule has 3 rings (SSSR count).